The number of carbonyl (C=O) groups is 2. The molecule has 0 aromatic heterocycles. The fourth-order valence-corrected chi connectivity index (χ4v) is 2.35. The van der Waals surface area contributed by atoms with E-state index in [4.69, 9.17) is 11.6 Å². The highest BCUT2D eigenvalue weighted by Gasteiger charge is 2.23. The molecule has 102 valence electrons. The number of anilines is 2. The van der Waals surface area contributed by atoms with E-state index < -0.39 is 0 Å². The van der Waals surface area contributed by atoms with Crippen LogP contribution in [-0.2, 0) is 9.59 Å². The van der Waals surface area contributed by atoms with Gasteiger partial charge in [-0.2, -0.15) is 0 Å². The molecule has 19 heavy (non-hydrogen) atoms. The number of alkyl halides is 1. The number of nitrogens with one attached hydrogen (secondary N) is 1. The highest BCUT2D eigenvalue weighted by molar-refractivity contribution is 9.10. The van der Waals surface area contributed by atoms with Gasteiger partial charge in [-0.25, -0.2) is 0 Å². The van der Waals surface area contributed by atoms with Gasteiger partial charge in [-0.1, -0.05) is 27.5 Å². The van der Waals surface area contributed by atoms with E-state index in [-0.39, 0.29) is 16.6 Å². The average molecular weight is 346 g/mol. The number of nitrogens with zero attached hydrogens (tertiary/aromatic N) is 1. The lowest BCUT2D eigenvalue weighted by atomic mass is 10.2. The van der Waals surface area contributed by atoms with Crippen LogP contribution in [0.3, 0.4) is 0 Å². The molecule has 1 fully saturated rings. The minimum Gasteiger partial charge on any atom is -0.325 e. The monoisotopic (exact) mass is 344 g/mol. The van der Waals surface area contributed by atoms with Crippen LogP contribution >= 0.6 is 27.5 Å². The summed E-state index contributed by atoms with van der Waals surface area (Å²) in [4.78, 5) is 24.6. The molecule has 1 unspecified atom stereocenters. The molecule has 1 atom stereocenters. The molecule has 0 bridgehead atoms. The van der Waals surface area contributed by atoms with E-state index in [0.717, 1.165) is 6.42 Å². The van der Waals surface area contributed by atoms with Gasteiger partial charge in [-0.3, -0.25) is 9.59 Å². The molecule has 1 aliphatic rings. The van der Waals surface area contributed by atoms with Gasteiger partial charge >= 0.3 is 0 Å². The lowest BCUT2D eigenvalue weighted by Crippen LogP contribution is -2.24. The SMILES string of the molecule is CC(Br)C(=O)Nc1ccc(N2CCCC2=O)c(Cl)c1. The third-order valence-electron chi connectivity index (χ3n) is 2.94. The lowest BCUT2D eigenvalue weighted by Gasteiger charge is -2.18. The number of benzene rings is 1. The minimum atomic E-state index is -0.272. The van der Waals surface area contributed by atoms with E-state index in [2.05, 4.69) is 21.2 Å². The van der Waals surface area contributed by atoms with E-state index in [1.54, 1.807) is 30.0 Å². The lowest BCUT2D eigenvalue weighted by molar-refractivity contribution is -0.117. The summed E-state index contributed by atoms with van der Waals surface area (Å²) in [5, 5.41) is 3.21. The van der Waals surface area contributed by atoms with Crippen molar-refractivity contribution in [2.24, 2.45) is 0 Å². The average Bonchev–Trinajstić information content (AvgIpc) is 2.75. The van der Waals surface area contributed by atoms with Gasteiger partial charge in [0.05, 0.1) is 15.5 Å². The van der Waals surface area contributed by atoms with Crippen LogP contribution in [0.2, 0.25) is 5.02 Å². The first kappa shape index (κ1) is 14.3. The van der Waals surface area contributed by atoms with Crippen LogP contribution in [0.4, 0.5) is 11.4 Å². The molecule has 0 aliphatic carbocycles. The van der Waals surface area contributed by atoms with Crippen molar-refractivity contribution in [1.29, 1.82) is 0 Å². The first-order valence-corrected chi connectivity index (χ1v) is 7.33. The molecule has 1 aromatic carbocycles. The van der Waals surface area contributed by atoms with Crippen LogP contribution in [0.5, 0.6) is 0 Å². The Balaban J connectivity index is 2.17. The maximum absolute atomic E-state index is 11.7. The molecule has 1 saturated heterocycles. The van der Waals surface area contributed by atoms with Crippen molar-refractivity contribution < 1.29 is 9.59 Å². The second kappa shape index (κ2) is 5.92. The van der Waals surface area contributed by atoms with Crippen LogP contribution in [0, 0.1) is 0 Å². The van der Waals surface area contributed by atoms with Crippen molar-refractivity contribution in [2.45, 2.75) is 24.6 Å². The van der Waals surface area contributed by atoms with Gasteiger partial charge in [0, 0.05) is 18.7 Å². The van der Waals surface area contributed by atoms with Crippen LogP contribution in [0.1, 0.15) is 19.8 Å². The minimum absolute atomic E-state index is 0.0905. The quantitative estimate of drug-likeness (QED) is 0.855. The smallest absolute Gasteiger partial charge is 0.237 e. The van der Waals surface area contributed by atoms with Crippen molar-refractivity contribution in [3.63, 3.8) is 0 Å². The van der Waals surface area contributed by atoms with Crippen molar-refractivity contribution >= 4 is 50.7 Å². The largest absolute Gasteiger partial charge is 0.325 e. The van der Waals surface area contributed by atoms with E-state index in [1.807, 2.05) is 0 Å². The number of halogens is 2. The number of hydrogen-bond acceptors (Lipinski definition) is 2. The van der Waals surface area contributed by atoms with Gasteiger partial charge in [-0.15, -0.1) is 0 Å². The Morgan fingerprint density at radius 1 is 1.53 bits per heavy atom. The zero-order chi connectivity index (χ0) is 14.0. The van der Waals surface area contributed by atoms with E-state index in [1.165, 1.54) is 0 Å². The van der Waals surface area contributed by atoms with Gasteiger partial charge < -0.3 is 10.2 Å². The summed E-state index contributed by atoms with van der Waals surface area (Å²) in [6.45, 7) is 2.44. The number of carbonyl (C=O) groups excluding carboxylic acids is 2. The third kappa shape index (κ3) is 3.28. The molecule has 1 aliphatic heterocycles. The van der Waals surface area contributed by atoms with Crippen molar-refractivity contribution in [3.05, 3.63) is 23.2 Å². The molecule has 6 heteroatoms. The van der Waals surface area contributed by atoms with Gasteiger partial charge in [0.15, 0.2) is 0 Å². The van der Waals surface area contributed by atoms with Crippen LogP contribution in [0.15, 0.2) is 18.2 Å². The molecule has 1 N–H and O–H groups in total. The van der Waals surface area contributed by atoms with Gasteiger partial charge in [0.2, 0.25) is 11.8 Å². The van der Waals surface area contributed by atoms with Crippen LogP contribution < -0.4 is 10.2 Å². The fraction of sp³-hybridized carbons (Fsp3) is 0.385. The molecule has 0 saturated carbocycles. The fourth-order valence-electron chi connectivity index (χ4n) is 1.95. The van der Waals surface area contributed by atoms with Gasteiger partial charge in [0.1, 0.15) is 0 Å². The summed E-state index contributed by atoms with van der Waals surface area (Å²) in [5.74, 6) is -0.0474. The highest BCUT2D eigenvalue weighted by atomic mass is 79.9. The molecule has 1 aromatic rings. The third-order valence-corrected chi connectivity index (χ3v) is 3.66. The topological polar surface area (TPSA) is 49.4 Å². The number of hydrogen-bond donors (Lipinski definition) is 1. The Bertz CT molecular complexity index is 519. The summed E-state index contributed by atoms with van der Waals surface area (Å²) in [6, 6.07) is 5.18. The van der Waals surface area contributed by atoms with Crippen LogP contribution in [-0.4, -0.2) is 23.2 Å². The van der Waals surface area contributed by atoms with Crippen molar-refractivity contribution in [2.75, 3.05) is 16.8 Å². The Morgan fingerprint density at radius 3 is 2.79 bits per heavy atom. The summed E-state index contributed by atoms with van der Waals surface area (Å²) in [7, 11) is 0. The maximum Gasteiger partial charge on any atom is 0.237 e. The van der Waals surface area contributed by atoms with E-state index in [9.17, 15) is 9.59 Å². The van der Waals surface area contributed by atoms with Crippen molar-refractivity contribution in [1.82, 2.24) is 0 Å². The summed E-state index contributed by atoms with van der Waals surface area (Å²) in [5.41, 5.74) is 1.32. The van der Waals surface area contributed by atoms with E-state index in [0.29, 0.717) is 29.4 Å². The molecule has 0 radical (unpaired) electrons. The Morgan fingerprint density at radius 2 is 2.26 bits per heavy atom. The molecular weight excluding hydrogens is 332 g/mol. The zero-order valence-electron chi connectivity index (χ0n) is 10.5. The predicted molar refractivity (Wildman–Crippen MR) is 80.1 cm³/mol. The first-order valence-electron chi connectivity index (χ1n) is 6.04. The van der Waals surface area contributed by atoms with Gasteiger partial charge in [-0.05, 0) is 31.5 Å². The summed E-state index contributed by atoms with van der Waals surface area (Å²) < 4.78 is 0. The zero-order valence-corrected chi connectivity index (χ0v) is 12.8. The Kier molecular flexibility index (Phi) is 4.47. The normalized spacial score (nSPS) is 16.6. The van der Waals surface area contributed by atoms with Crippen molar-refractivity contribution in [3.8, 4) is 0 Å². The molecular formula is C13H14BrClN2O2. The Hall–Kier alpha value is -1.07. The highest BCUT2D eigenvalue weighted by Crippen LogP contribution is 2.31. The molecule has 2 amide bonds. The molecule has 4 nitrogen and oxygen atoms in total. The first-order chi connectivity index (χ1) is 8.99. The molecule has 0 spiro atoms. The number of amides is 2. The van der Waals surface area contributed by atoms with Gasteiger partial charge in [0.25, 0.3) is 0 Å². The standard InChI is InChI=1S/C13H14BrClN2O2/c1-8(14)13(19)16-9-4-5-11(10(15)7-9)17-6-2-3-12(17)18/h4-5,7-8H,2-3,6H2,1H3,(H,16,19). The molecule has 1 heterocycles. The second-order valence-electron chi connectivity index (χ2n) is 4.42. The van der Waals surface area contributed by atoms with E-state index >= 15 is 0 Å². The summed E-state index contributed by atoms with van der Waals surface area (Å²) >= 11 is 9.37. The maximum atomic E-state index is 11.7. The van der Waals surface area contributed by atoms with Crippen LogP contribution in [0.25, 0.3) is 0 Å². The molecule has 2 rings (SSSR count). The second-order valence-corrected chi connectivity index (χ2v) is 6.20. The Labute approximate surface area is 125 Å². The number of rotatable bonds is 3. The summed E-state index contributed by atoms with van der Waals surface area (Å²) in [6.07, 6.45) is 1.42. The predicted octanol–water partition coefficient (Wildman–Crippen LogP) is 3.19.